The fraction of sp³-hybridized carbons (Fsp3) is 0.889. The third-order valence-electron chi connectivity index (χ3n) is 1.79. The maximum absolute atomic E-state index is 11.4. The molecule has 1 N–H and O–H groups in total. The second-order valence-electron chi connectivity index (χ2n) is 3.84. The third-order valence-corrected chi connectivity index (χ3v) is 1.79. The van der Waals surface area contributed by atoms with Crippen LogP contribution in [0.4, 0.5) is 0 Å². The lowest BCUT2D eigenvalue weighted by Crippen LogP contribution is -2.40. The minimum absolute atomic E-state index is 0.0509. The summed E-state index contributed by atoms with van der Waals surface area (Å²) in [4.78, 5) is 15.5. The molecule has 0 saturated carbocycles. The molecule has 0 aromatic rings. The average Bonchev–Trinajstić information content (AvgIpc) is 2.00. The summed E-state index contributed by atoms with van der Waals surface area (Å²) in [5.41, 5.74) is 0. The van der Waals surface area contributed by atoms with E-state index in [-0.39, 0.29) is 11.8 Å². The fourth-order valence-electron chi connectivity index (χ4n) is 1.31. The van der Waals surface area contributed by atoms with Crippen molar-refractivity contribution in [1.82, 2.24) is 15.1 Å². The molecule has 0 bridgehead atoms. The van der Waals surface area contributed by atoms with Crippen molar-refractivity contribution in [1.29, 1.82) is 0 Å². The van der Waals surface area contributed by atoms with Crippen molar-refractivity contribution < 1.29 is 4.79 Å². The van der Waals surface area contributed by atoms with Crippen molar-refractivity contribution in [3.63, 3.8) is 0 Å². The molecule has 0 aliphatic heterocycles. The van der Waals surface area contributed by atoms with Gasteiger partial charge in [-0.05, 0) is 28.2 Å². The van der Waals surface area contributed by atoms with Crippen molar-refractivity contribution in [2.75, 3.05) is 48.3 Å². The summed E-state index contributed by atoms with van der Waals surface area (Å²) in [5.74, 6) is 0.164. The van der Waals surface area contributed by atoms with Crippen molar-refractivity contribution >= 4 is 5.91 Å². The van der Waals surface area contributed by atoms with Crippen LogP contribution in [0.1, 0.15) is 0 Å². The lowest BCUT2D eigenvalue weighted by molar-refractivity contribution is -0.125. The van der Waals surface area contributed by atoms with Crippen LogP contribution >= 0.6 is 0 Å². The first-order valence-corrected chi connectivity index (χ1v) is 4.48. The predicted octanol–water partition coefficient (Wildman–Crippen LogP) is -0.528. The first kappa shape index (κ1) is 12.4. The molecule has 0 aromatic carbocycles. The second kappa shape index (κ2) is 5.94. The monoisotopic (exact) mass is 187 g/mol. The summed E-state index contributed by atoms with van der Waals surface area (Å²) in [5, 5.41) is 2.68. The van der Waals surface area contributed by atoms with E-state index in [1.807, 2.05) is 38.0 Å². The normalized spacial score (nSPS) is 11.4. The molecule has 78 valence electrons. The van der Waals surface area contributed by atoms with Gasteiger partial charge in [-0.25, -0.2) is 0 Å². The van der Waals surface area contributed by atoms with Crippen LogP contribution in [0.2, 0.25) is 0 Å². The highest BCUT2D eigenvalue weighted by atomic mass is 16.1. The number of hydrogen-bond donors (Lipinski definition) is 1. The van der Waals surface area contributed by atoms with Gasteiger partial charge in [0.1, 0.15) is 0 Å². The molecule has 0 fully saturated rings. The Bertz CT molecular complexity index is 147. The Morgan fingerprint density at radius 3 is 1.77 bits per heavy atom. The highest BCUT2D eigenvalue weighted by Crippen LogP contribution is 1.99. The molecule has 0 atom stereocenters. The molecule has 4 nitrogen and oxygen atoms in total. The van der Waals surface area contributed by atoms with Crippen LogP contribution in [0.15, 0.2) is 0 Å². The lowest BCUT2D eigenvalue weighted by Gasteiger charge is -2.22. The molecular formula is C9H21N3O. The lowest BCUT2D eigenvalue weighted by atomic mass is 10.1. The minimum Gasteiger partial charge on any atom is -0.359 e. The molecular weight excluding hydrogens is 166 g/mol. The van der Waals surface area contributed by atoms with Gasteiger partial charge in [0, 0.05) is 20.1 Å². The summed E-state index contributed by atoms with van der Waals surface area (Å²) in [7, 11) is 9.59. The number of carbonyl (C=O) groups excluding carboxylic acids is 1. The fourth-order valence-corrected chi connectivity index (χ4v) is 1.31. The van der Waals surface area contributed by atoms with E-state index < -0.39 is 0 Å². The Labute approximate surface area is 80.9 Å². The first-order chi connectivity index (χ1) is 5.97. The Balaban J connectivity index is 4.10. The average molecular weight is 187 g/mol. The zero-order valence-electron chi connectivity index (χ0n) is 9.29. The number of carbonyl (C=O) groups is 1. The number of hydrogen-bond acceptors (Lipinski definition) is 3. The molecule has 1 amide bonds. The molecule has 0 unspecified atom stereocenters. The Morgan fingerprint density at radius 1 is 1.15 bits per heavy atom. The molecule has 0 radical (unpaired) electrons. The van der Waals surface area contributed by atoms with Gasteiger partial charge >= 0.3 is 0 Å². The predicted molar refractivity (Wildman–Crippen MR) is 54.7 cm³/mol. The molecule has 0 aliphatic carbocycles. The Morgan fingerprint density at radius 2 is 1.54 bits per heavy atom. The molecule has 0 heterocycles. The Hall–Kier alpha value is -0.610. The van der Waals surface area contributed by atoms with Crippen molar-refractivity contribution in [3.8, 4) is 0 Å². The van der Waals surface area contributed by atoms with Gasteiger partial charge in [0.15, 0.2) is 0 Å². The summed E-state index contributed by atoms with van der Waals surface area (Å²) >= 11 is 0. The summed E-state index contributed by atoms with van der Waals surface area (Å²) in [6.07, 6.45) is 0. The number of rotatable bonds is 5. The third kappa shape index (κ3) is 5.60. The van der Waals surface area contributed by atoms with E-state index in [4.69, 9.17) is 0 Å². The zero-order valence-corrected chi connectivity index (χ0v) is 9.29. The van der Waals surface area contributed by atoms with E-state index in [1.165, 1.54) is 0 Å². The van der Waals surface area contributed by atoms with Gasteiger partial charge in [0.25, 0.3) is 0 Å². The molecule has 0 saturated heterocycles. The van der Waals surface area contributed by atoms with E-state index in [9.17, 15) is 4.79 Å². The van der Waals surface area contributed by atoms with Crippen molar-refractivity contribution in [2.45, 2.75) is 0 Å². The quantitative estimate of drug-likeness (QED) is 0.628. The van der Waals surface area contributed by atoms with Crippen LogP contribution in [-0.4, -0.2) is 64.0 Å². The highest BCUT2D eigenvalue weighted by Gasteiger charge is 2.18. The molecule has 0 spiro atoms. The van der Waals surface area contributed by atoms with E-state index in [0.717, 1.165) is 13.1 Å². The molecule has 0 aliphatic rings. The van der Waals surface area contributed by atoms with E-state index >= 15 is 0 Å². The van der Waals surface area contributed by atoms with Gasteiger partial charge in [-0.1, -0.05) is 0 Å². The van der Waals surface area contributed by atoms with E-state index in [2.05, 4.69) is 5.32 Å². The van der Waals surface area contributed by atoms with Gasteiger partial charge in [-0.3, -0.25) is 4.79 Å². The Kier molecular flexibility index (Phi) is 5.66. The summed E-state index contributed by atoms with van der Waals surface area (Å²) in [6.45, 7) is 1.58. The molecule has 13 heavy (non-hydrogen) atoms. The summed E-state index contributed by atoms with van der Waals surface area (Å²) in [6, 6.07) is 0. The van der Waals surface area contributed by atoms with Crippen LogP contribution in [0, 0.1) is 5.92 Å². The van der Waals surface area contributed by atoms with Crippen molar-refractivity contribution in [2.24, 2.45) is 5.92 Å². The minimum atomic E-state index is 0.0509. The van der Waals surface area contributed by atoms with Crippen LogP contribution in [0.5, 0.6) is 0 Å². The van der Waals surface area contributed by atoms with Crippen LogP contribution in [0.3, 0.4) is 0 Å². The second-order valence-corrected chi connectivity index (χ2v) is 3.84. The highest BCUT2D eigenvalue weighted by molar-refractivity contribution is 5.78. The van der Waals surface area contributed by atoms with Gasteiger partial charge < -0.3 is 15.1 Å². The first-order valence-electron chi connectivity index (χ1n) is 4.48. The molecule has 0 rings (SSSR count). The van der Waals surface area contributed by atoms with Gasteiger partial charge in [-0.2, -0.15) is 0 Å². The van der Waals surface area contributed by atoms with Crippen LogP contribution in [-0.2, 0) is 4.79 Å². The maximum atomic E-state index is 11.4. The van der Waals surface area contributed by atoms with Crippen LogP contribution < -0.4 is 5.32 Å². The van der Waals surface area contributed by atoms with Gasteiger partial charge in [-0.15, -0.1) is 0 Å². The van der Waals surface area contributed by atoms with Gasteiger partial charge in [0.2, 0.25) is 5.91 Å². The van der Waals surface area contributed by atoms with E-state index in [1.54, 1.807) is 7.05 Å². The number of nitrogens with zero attached hydrogens (tertiary/aromatic N) is 2. The largest absolute Gasteiger partial charge is 0.359 e. The maximum Gasteiger partial charge on any atom is 0.225 e. The smallest absolute Gasteiger partial charge is 0.225 e. The summed E-state index contributed by atoms with van der Waals surface area (Å²) < 4.78 is 0. The molecule has 4 heteroatoms. The SMILES string of the molecule is CNC(=O)C(CN(C)C)CN(C)C. The zero-order chi connectivity index (χ0) is 10.4. The topological polar surface area (TPSA) is 35.6 Å². The van der Waals surface area contributed by atoms with E-state index in [0.29, 0.717) is 0 Å². The van der Waals surface area contributed by atoms with Crippen LogP contribution in [0.25, 0.3) is 0 Å². The number of nitrogens with one attached hydrogen (secondary N) is 1. The van der Waals surface area contributed by atoms with Gasteiger partial charge in [0.05, 0.1) is 5.92 Å². The van der Waals surface area contributed by atoms with Crippen molar-refractivity contribution in [3.05, 3.63) is 0 Å². The number of amides is 1. The molecule has 0 aromatic heterocycles. The standard InChI is InChI=1S/C9H21N3O/c1-10-9(13)8(6-11(2)3)7-12(4)5/h8H,6-7H2,1-5H3,(H,10,13).